The van der Waals surface area contributed by atoms with Gasteiger partial charge in [0.2, 0.25) is 15.9 Å². The number of nitrogens with two attached hydrogens (primary N) is 1. The Morgan fingerprint density at radius 2 is 2.10 bits per heavy atom. The minimum Gasteiger partial charge on any atom is -0.352 e. The van der Waals surface area contributed by atoms with Crippen LogP contribution in [0.1, 0.15) is 47.0 Å². The summed E-state index contributed by atoms with van der Waals surface area (Å²) in [6, 6.07) is 4.90. The number of benzene rings is 1. The van der Waals surface area contributed by atoms with E-state index < -0.39 is 10.0 Å². The molecule has 0 spiro atoms. The first-order valence-electron chi connectivity index (χ1n) is 10.1. The fourth-order valence-corrected chi connectivity index (χ4v) is 5.49. The number of aryl methyl sites for hydroxylation is 1. The van der Waals surface area contributed by atoms with Gasteiger partial charge >= 0.3 is 0 Å². The second-order valence-corrected chi connectivity index (χ2v) is 10.8. The van der Waals surface area contributed by atoms with Crippen LogP contribution in [0, 0.1) is 11.8 Å². The summed E-state index contributed by atoms with van der Waals surface area (Å²) in [6.07, 6.45) is 3.40. The van der Waals surface area contributed by atoms with Crippen LogP contribution in [0.2, 0.25) is 0 Å². The zero-order valence-electron chi connectivity index (χ0n) is 17.4. The number of hydrogen-bond donors (Lipinski definition) is 2. The molecule has 0 aliphatic heterocycles. The highest BCUT2D eigenvalue weighted by molar-refractivity contribution is 8.00. The topological polar surface area (TPSA) is 107 Å². The number of nitrogens with zero attached hydrogens (tertiary/aromatic N) is 2. The van der Waals surface area contributed by atoms with Gasteiger partial charge in [0.1, 0.15) is 0 Å². The smallest absolute Gasteiger partial charge is 0.238 e. The first-order chi connectivity index (χ1) is 13.6. The number of primary sulfonamides is 1. The van der Waals surface area contributed by atoms with Gasteiger partial charge in [0.15, 0.2) is 5.16 Å². The second kappa shape index (κ2) is 8.65. The van der Waals surface area contributed by atoms with E-state index >= 15 is 0 Å². The van der Waals surface area contributed by atoms with E-state index in [0.29, 0.717) is 29.1 Å². The van der Waals surface area contributed by atoms with Gasteiger partial charge in [-0.05, 0) is 50.3 Å². The summed E-state index contributed by atoms with van der Waals surface area (Å²) in [7, 11) is -3.79. The largest absolute Gasteiger partial charge is 0.352 e. The number of imidazole rings is 1. The summed E-state index contributed by atoms with van der Waals surface area (Å²) < 4.78 is 25.2. The molecule has 3 N–H and O–H groups in total. The van der Waals surface area contributed by atoms with Crippen molar-refractivity contribution in [2.75, 3.05) is 0 Å². The summed E-state index contributed by atoms with van der Waals surface area (Å²) in [4.78, 5) is 17.4. The van der Waals surface area contributed by atoms with Gasteiger partial charge in [-0.3, -0.25) is 4.79 Å². The molecule has 1 aliphatic carbocycles. The molecule has 0 bridgehead atoms. The van der Waals surface area contributed by atoms with Gasteiger partial charge in [0.05, 0.1) is 21.2 Å². The van der Waals surface area contributed by atoms with Gasteiger partial charge in [0.25, 0.3) is 0 Å². The standard InChI is InChI=1S/C20H30N4O3S2/c1-5-24-18-10-9-15(29(21,26)27)11-17(18)23-20(24)28-14(4)19(25)22-16-8-6-7-12(2)13(16)3/h9-14,16H,5-8H2,1-4H3,(H,22,25)(H2,21,26,27)/t12-,13-,14-,16+/m0/s1. The van der Waals surface area contributed by atoms with Crippen molar-refractivity contribution in [1.82, 2.24) is 14.9 Å². The van der Waals surface area contributed by atoms with Crippen molar-refractivity contribution in [3.05, 3.63) is 18.2 Å². The molecular weight excluding hydrogens is 408 g/mol. The molecular formula is C20H30N4O3S2. The van der Waals surface area contributed by atoms with Crippen LogP contribution in [0.5, 0.6) is 0 Å². The van der Waals surface area contributed by atoms with Gasteiger partial charge in [-0.15, -0.1) is 0 Å². The predicted octanol–water partition coefficient (Wildman–Crippen LogP) is 3.13. The lowest BCUT2D eigenvalue weighted by Gasteiger charge is -2.35. The van der Waals surface area contributed by atoms with E-state index in [1.165, 1.54) is 30.3 Å². The highest BCUT2D eigenvalue weighted by Crippen LogP contribution is 2.31. The lowest BCUT2D eigenvalue weighted by molar-refractivity contribution is -0.121. The number of rotatable bonds is 6. The molecule has 7 nitrogen and oxygen atoms in total. The Labute approximate surface area is 176 Å². The Morgan fingerprint density at radius 3 is 2.76 bits per heavy atom. The predicted molar refractivity (Wildman–Crippen MR) is 116 cm³/mol. The number of thioether (sulfide) groups is 1. The average molecular weight is 439 g/mol. The molecule has 0 radical (unpaired) electrons. The molecule has 29 heavy (non-hydrogen) atoms. The van der Waals surface area contributed by atoms with Gasteiger partial charge in [-0.25, -0.2) is 18.5 Å². The normalized spacial score (nSPS) is 23.8. The lowest BCUT2D eigenvalue weighted by atomic mass is 9.78. The van der Waals surface area contributed by atoms with Gasteiger partial charge in [-0.2, -0.15) is 0 Å². The van der Waals surface area contributed by atoms with E-state index in [4.69, 9.17) is 5.14 Å². The molecule has 1 aromatic carbocycles. The molecule has 9 heteroatoms. The molecule has 3 rings (SSSR count). The number of hydrogen-bond acceptors (Lipinski definition) is 5. The van der Waals surface area contributed by atoms with Gasteiger partial charge in [-0.1, -0.05) is 38.5 Å². The van der Waals surface area contributed by atoms with E-state index in [2.05, 4.69) is 24.1 Å². The highest BCUT2D eigenvalue weighted by Gasteiger charge is 2.30. The van der Waals surface area contributed by atoms with Crippen LogP contribution in [0.3, 0.4) is 0 Å². The molecule has 1 heterocycles. The summed E-state index contributed by atoms with van der Waals surface area (Å²) in [5.41, 5.74) is 1.38. The first kappa shape index (κ1) is 22.1. The van der Waals surface area contributed by atoms with Crippen LogP contribution in [0.4, 0.5) is 0 Å². The van der Waals surface area contributed by atoms with Crippen LogP contribution in [0.25, 0.3) is 11.0 Å². The third-order valence-corrected chi connectivity index (χ3v) is 8.02. The molecule has 0 unspecified atom stereocenters. The minimum absolute atomic E-state index is 0.0147. The molecule has 4 atom stereocenters. The average Bonchev–Trinajstić information content (AvgIpc) is 3.00. The number of carbonyl (C=O) groups excluding carboxylic acids is 1. The zero-order valence-corrected chi connectivity index (χ0v) is 19.0. The van der Waals surface area contributed by atoms with Crippen LogP contribution in [0.15, 0.2) is 28.3 Å². The monoisotopic (exact) mass is 438 g/mol. The summed E-state index contributed by atoms with van der Waals surface area (Å²) in [6.45, 7) is 9.01. The summed E-state index contributed by atoms with van der Waals surface area (Å²) >= 11 is 1.39. The van der Waals surface area contributed by atoms with Crippen LogP contribution in [-0.2, 0) is 21.4 Å². The van der Waals surface area contributed by atoms with Crippen molar-refractivity contribution in [1.29, 1.82) is 0 Å². The Hall–Kier alpha value is -1.58. The third-order valence-electron chi connectivity index (χ3n) is 6.02. The molecule has 1 aliphatic rings. The zero-order chi connectivity index (χ0) is 21.3. The van der Waals surface area contributed by atoms with Crippen LogP contribution in [-0.4, -0.2) is 35.2 Å². The number of sulfonamides is 1. The van der Waals surface area contributed by atoms with Crippen molar-refractivity contribution >= 4 is 38.7 Å². The SMILES string of the molecule is CCn1c(S[C@@H](C)C(=O)N[C@@H]2CCC[C@H](C)[C@@H]2C)nc2cc(S(N)(=O)=O)ccc21. The van der Waals surface area contributed by atoms with E-state index in [1.54, 1.807) is 6.07 Å². The van der Waals surface area contributed by atoms with Gasteiger partial charge in [0, 0.05) is 12.6 Å². The molecule has 1 amide bonds. The van der Waals surface area contributed by atoms with E-state index in [1.807, 2.05) is 18.4 Å². The van der Waals surface area contributed by atoms with Crippen molar-refractivity contribution in [2.24, 2.45) is 17.0 Å². The van der Waals surface area contributed by atoms with Crippen molar-refractivity contribution in [3.8, 4) is 0 Å². The van der Waals surface area contributed by atoms with Crippen molar-refractivity contribution < 1.29 is 13.2 Å². The van der Waals surface area contributed by atoms with E-state index in [-0.39, 0.29) is 22.1 Å². The number of nitrogens with one attached hydrogen (secondary N) is 1. The highest BCUT2D eigenvalue weighted by atomic mass is 32.2. The molecule has 2 aromatic rings. The number of aromatic nitrogens is 2. The summed E-state index contributed by atoms with van der Waals surface area (Å²) in [5, 5.41) is 8.85. The fourth-order valence-electron chi connectivity index (χ4n) is 3.96. The molecule has 1 aromatic heterocycles. The van der Waals surface area contributed by atoms with Gasteiger partial charge < -0.3 is 9.88 Å². The maximum absolute atomic E-state index is 12.8. The Bertz CT molecular complexity index is 1000. The van der Waals surface area contributed by atoms with Crippen molar-refractivity contribution in [2.45, 2.75) is 74.8 Å². The maximum atomic E-state index is 12.8. The van der Waals surface area contributed by atoms with Crippen molar-refractivity contribution in [3.63, 3.8) is 0 Å². The van der Waals surface area contributed by atoms with Crippen LogP contribution >= 0.6 is 11.8 Å². The number of amides is 1. The second-order valence-electron chi connectivity index (χ2n) is 7.98. The Balaban J connectivity index is 1.78. The Kier molecular flexibility index (Phi) is 6.60. The van der Waals surface area contributed by atoms with Crippen LogP contribution < -0.4 is 10.5 Å². The Morgan fingerprint density at radius 1 is 1.38 bits per heavy atom. The fraction of sp³-hybridized carbons (Fsp3) is 0.600. The number of fused-ring (bicyclic) bond motifs is 1. The van der Waals surface area contributed by atoms with E-state index in [0.717, 1.165) is 18.4 Å². The maximum Gasteiger partial charge on any atom is 0.238 e. The van der Waals surface area contributed by atoms with E-state index in [9.17, 15) is 13.2 Å². The first-order valence-corrected chi connectivity index (χ1v) is 12.5. The quantitative estimate of drug-likeness (QED) is 0.674. The number of carbonyl (C=O) groups is 1. The lowest BCUT2D eigenvalue weighted by Crippen LogP contribution is -2.46. The molecule has 160 valence electrons. The molecule has 1 fully saturated rings. The molecule has 1 saturated carbocycles. The molecule has 0 saturated heterocycles. The summed E-state index contributed by atoms with van der Waals surface area (Å²) in [5.74, 6) is 1.11. The third kappa shape index (κ3) is 4.78. The minimum atomic E-state index is -3.79.